The van der Waals surface area contributed by atoms with Crippen LogP contribution in [0.2, 0.25) is 0 Å². The lowest BCUT2D eigenvalue weighted by Gasteiger charge is -2.34. The van der Waals surface area contributed by atoms with Gasteiger partial charge >= 0.3 is 0 Å². The summed E-state index contributed by atoms with van der Waals surface area (Å²) in [5.41, 5.74) is 2.89. The Morgan fingerprint density at radius 2 is 1.49 bits per heavy atom. The number of aromatic nitrogens is 2. The van der Waals surface area contributed by atoms with Crippen LogP contribution < -0.4 is 4.90 Å². The van der Waals surface area contributed by atoms with Crippen molar-refractivity contribution in [1.29, 1.82) is 0 Å². The molecule has 178 valence electrons. The highest BCUT2D eigenvalue weighted by molar-refractivity contribution is 7.89. The Hall–Kier alpha value is -3.29. The number of fused-ring (bicyclic) bond motifs is 2. The van der Waals surface area contributed by atoms with Crippen LogP contribution in [0.3, 0.4) is 0 Å². The van der Waals surface area contributed by atoms with Crippen molar-refractivity contribution in [3.05, 3.63) is 84.1 Å². The second kappa shape index (κ2) is 9.06. The lowest BCUT2D eigenvalue weighted by Crippen LogP contribution is -2.39. The molecule has 4 aromatic rings. The van der Waals surface area contributed by atoms with Crippen LogP contribution >= 0.6 is 0 Å². The summed E-state index contributed by atoms with van der Waals surface area (Å²) in [5, 5.41) is 1.96. The molecule has 2 aliphatic rings. The Morgan fingerprint density at radius 3 is 2.29 bits per heavy atom. The third-order valence-electron chi connectivity index (χ3n) is 7.05. The van der Waals surface area contributed by atoms with Gasteiger partial charge in [0.15, 0.2) is 5.82 Å². The standard InChI is InChI=1S/C28H28N4O2S/c33-35(34,24-14-13-21-9-5-6-12-23(21)19-24)32-18-15-26-25(20-32)28(31-16-7-2-8-17-31)30-27(29-26)22-10-3-1-4-11-22/h1,3-6,9-14,19H,2,7-8,15-18,20H2. The first-order valence-electron chi connectivity index (χ1n) is 12.3. The summed E-state index contributed by atoms with van der Waals surface area (Å²) in [6.45, 7) is 2.59. The largest absolute Gasteiger partial charge is 0.356 e. The summed E-state index contributed by atoms with van der Waals surface area (Å²) < 4.78 is 29.0. The zero-order valence-corrected chi connectivity index (χ0v) is 20.4. The van der Waals surface area contributed by atoms with Crippen LogP contribution in [0.4, 0.5) is 5.82 Å². The van der Waals surface area contributed by atoms with Gasteiger partial charge in [0.1, 0.15) is 5.82 Å². The highest BCUT2D eigenvalue weighted by atomic mass is 32.2. The molecule has 0 spiro atoms. The number of sulfonamides is 1. The van der Waals surface area contributed by atoms with Gasteiger partial charge in [0, 0.05) is 43.7 Å². The molecule has 1 saturated heterocycles. The van der Waals surface area contributed by atoms with E-state index in [1.807, 2.05) is 60.7 Å². The zero-order valence-electron chi connectivity index (χ0n) is 19.6. The quantitative estimate of drug-likeness (QED) is 0.406. The molecule has 2 aliphatic heterocycles. The number of rotatable bonds is 4. The molecule has 1 aromatic heterocycles. The minimum Gasteiger partial charge on any atom is -0.356 e. The number of benzene rings is 3. The van der Waals surface area contributed by atoms with Crippen molar-refractivity contribution < 1.29 is 8.42 Å². The number of hydrogen-bond acceptors (Lipinski definition) is 5. The summed E-state index contributed by atoms with van der Waals surface area (Å²) in [4.78, 5) is 12.6. The molecule has 7 heteroatoms. The Balaban J connectivity index is 1.39. The fraction of sp³-hybridized carbons (Fsp3) is 0.286. The maximum atomic E-state index is 13.7. The molecule has 0 bridgehead atoms. The van der Waals surface area contributed by atoms with Crippen LogP contribution in [-0.2, 0) is 23.0 Å². The molecule has 0 atom stereocenters. The van der Waals surface area contributed by atoms with Crippen molar-refractivity contribution in [3.63, 3.8) is 0 Å². The molecule has 35 heavy (non-hydrogen) atoms. The van der Waals surface area contributed by atoms with Gasteiger partial charge in [-0.1, -0.05) is 60.7 Å². The highest BCUT2D eigenvalue weighted by Crippen LogP contribution is 2.33. The molecule has 0 unspecified atom stereocenters. The van der Waals surface area contributed by atoms with Crippen molar-refractivity contribution in [2.75, 3.05) is 24.5 Å². The molecule has 0 amide bonds. The van der Waals surface area contributed by atoms with Gasteiger partial charge in [-0.15, -0.1) is 0 Å². The van der Waals surface area contributed by atoms with E-state index in [0.29, 0.717) is 24.4 Å². The van der Waals surface area contributed by atoms with Gasteiger partial charge in [0.25, 0.3) is 0 Å². The molecule has 0 aliphatic carbocycles. The van der Waals surface area contributed by atoms with E-state index in [0.717, 1.165) is 65.2 Å². The Labute approximate surface area is 206 Å². The smallest absolute Gasteiger partial charge is 0.243 e. The maximum Gasteiger partial charge on any atom is 0.243 e. The average Bonchev–Trinajstić information content (AvgIpc) is 2.92. The van der Waals surface area contributed by atoms with Gasteiger partial charge in [-0.25, -0.2) is 18.4 Å². The monoisotopic (exact) mass is 484 g/mol. The second-order valence-corrected chi connectivity index (χ2v) is 11.2. The van der Waals surface area contributed by atoms with Crippen LogP contribution in [0.15, 0.2) is 77.7 Å². The van der Waals surface area contributed by atoms with E-state index >= 15 is 0 Å². The Bertz CT molecular complexity index is 1480. The molecule has 0 saturated carbocycles. The van der Waals surface area contributed by atoms with Gasteiger partial charge in [-0.2, -0.15) is 4.31 Å². The van der Waals surface area contributed by atoms with E-state index in [2.05, 4.69) is 4.90 Å². The Kier molecular flexibility index (Phi) is 5.74. The van der Waals surface area contributed by atoms with E-state index in [-0.39, 0.29) is 0 Å². The third-order valence-corrected chi connectivity index (χ3v) is 8.89. The molecular formula is C28H28N4O2S. The summed E-state index contributed by atoms with van der Waals surface area (Å²) in [5.74, 6) is 1.61. The van der Waals surface area contributed by atoms with E-state index in [1.54, 1.807) is 16.4 Å². The molecule has 6 nitrogen and oxygen atoms in total. The van der Waals surface area contributed by atoms with Crippen LogP contribution in [0.5, 0.6) is 0 Å². The molecule has 1 fully saturated rings. The predicted molar refractivity (Wildman–Crippen MR) is 139 cm³/mol. The van der Waals surface area contributed by atoms with Crippen molar-refractivity contribution >= 4 is 26.6 Å². The van der Waals surface area contributed by atoms with Crippen molar-refractivity contribution in [1.82, 2.24) is 14.3 Å². The SMILES string of the molecule is O=S(=O)(c1ccc2ccccc2c1)N1CCc2nc(-c3ccccc3)nc(N3CCCCC3)c2C1. The number of piperidine rings is 1. The summed E-state index contributed by atoms with van der Waals surface area (Å²) in [6, 6.07) is 23.3. The van der Waals surface area contributed by atoms with Gasteiger partial charge in [-0.05, 0) is 42.2 Å². The van der Waals surface area contributed by atoms with Crippen molar-refractivity contribution in [3.8, 4) is 11.4 Å². The first kappa shape index (κ1) is 22.2. The number of anilines is 1. The molecule has 6 rings (SSSR count). The van der Waals surface area contributed by atoms with Crippen LogP contribution in [-0.4, -0.2) is 42.3 Å². The van der Waals surface area contributed by atoms with E-state index in [1.165, 1.54) is 6.42 Å². The fourth-order valence-electron chi connectivity index (χ4n) is 5.14. The van der Waals surface area contributed by atoms with E-state index in [9.17, 15) is 8.42 Å². The summed E-state index contributed by atoms with van der Waals surface area (Å²) in [7, 11) is -3.65. The van der Waals surface area contributed by atoms with E-state index < -0.39 is 10.0 Å². The topological polar surface area (TPSA) is 66.4 Å². The van der Waals surface area contributed by atoms with Crippen LogP contribution in [0.25, 0.3) is 22.2 Å². The molecular weight excluding hydrogens is 456 g/mol. The van der Waals surface area contributed by atoms with Gasteiger partial charge in [0.2, 0.25) is 10.0 Å². The second-order valence-electron chi connectivity index (χ2n) is 9.31. The number of nitrogens with zero attached hydrogens (tertiary/aromatic N) is 4. The van der Waals surface area contributed by atoms with Crippen LogP contribution in [0.1, 0.15) is 30.5 Å². The third kappa shape index (κ3) is 4.19. The first-order chi connectivity index (χ1) is 17.1. The predicted octanol–water partition coefficient (Wildman–Crippen LogP) is 5.03. The summed E-state index contributed by atoms with van der Waals surface area (Å²) >= 11 is 0. The molecule has 0 radical (unpaired) electrons. The Morgan fingerprint density at radius 1 is 0.743 bits per heavy atom. The molecule has 0 N–H and O–H groups in total. The van der Waals surface area contributed by atoms with E-state index in [4.69, 9.17) is 9.97 Å². The molecule has 3 aromatic carbocycles. The van der Waals surface area contributed by atoms with Gasteiger partial charge in [-0.3, -0.25) is 0 Å². The molecule has 3 heterocycles. The normalized spacial score (nSPS) is 16.9. The van der Waals surface area contributed by atoms with Gasteiger partial charge < -0.3 is 4.90 Å². The lowest BCUT2D eigenvalue weighted by atomic mass is 10.0. The average molecular weight is 485 g/mol. The lowest BCUT2D eigenvalue weighted by molar-refractivity contribution is 0.386. The highest BCUT2D eigenvalue weighted by Gasteiger charge is 2.33. The zero-order chi connectivity index (χ0) is 23.8. The number of hydrogen-bond donors (Lipinski definition) is 0. The van der Waals surface area contributed by atoms with Gasteiger partial charge in [0.05, 0.1) is 10.6 Å². The van der Waals surface area contributed by atoms with Crippen molar-refractivity contribution in [2.24, 2.45) is 0 Å². The minimum atomic E-state index is -3.65. The summed E-state index contributed by atoms with van der Waals surface area (Å²) in [6.07, 6.45) is 4.04. The minimum absolute atomic E-state index is 0.297. The van der Waals surface area contributed by atoms with Crippen LogP contribution in [0, 0.1) is 0 Å². The first-order valence-corrected chi connectivity index (χ1v) is 13.7. The maximum absolute atomic E-state index is 13.7. The van der Waals surface area contributed by atoms with Crippen molar-refractivity contribution in [2.45, 2.75) is 37.1 Å². The fourth-order valence-corrected chi connectivity index (χ4v) is 6.58.